The largest absolute Gasteiger partial charge is 0.458 e. The predicted molar refractivity (Wildman–Crippen MR) is 138 cm³/mol. The fourth-order valence-corrected chi connectivity index (χ4v) is 5.93. The van der Waals surface area contributed by atoms with Crippen molar-refractivity contribution < 1.29 is 43.0 Å². The van der Waals surface area contributed by atoms with Gasteiger partial charge in [0.15, 0.2) is 10.8 Å². The monoisotopic (exact) mass is 581 g/mol. The number of rotatable bonds is 8. The Morgan fingerprint density at radius 3 is 2.62 bits per heavy atom. The summed E-state index contributed by atoms with van der Waals surface area (Å²) < 4.78 is 15.6. The van der Waals surface area contributed by atoms with Gasteiger partial charge < -0.3 is 30.1 Å². The highest BCUT2D eigenvalue weighted by Gasteiger charge is 2.56. The number of thioether (sulfide) groups is 1. The lowest BCUT2D eigenvalue weighted by Gasteiger charge is -2.50. The van der Waals surface area contributed by atoms with Gasteiger partial charge in [-0.3, -0.25) is 24.1 Å². The van der Waals surface area contributed by atoms with Gasteiger partial charge in [-0.05, 0) is 27.2 Å². The molecule has 3 aliphatic heterocycles. The molecule has 1 aromatic heterocycles. The number of β-lactam (4-membered cyclic amide) rings is 1. The van der Waals surface area contributed by atoms with Gasteiger partial charge in [0, 0.05) is 23.1 Å². The zero-order valence-electron chi connectivity index (χ0n) is 21.5. The molecule has 39 heavy (non-hydrogen) atoms. The molecule has 2 fully saturated rings. The van der Waals surface area contributed by atoms with Crippen LogP contribution in [0.15, 0.2) is 21.8 Å². The molecule has 2 saturated heterocycles. The van der Waals surface area contributed by atoms with Crippen LogP contribution < -0.4 is 11.1 Å². The summed E-state index contributed by atoms with van der Waals surface area (Å²) in [4.78, 5) is 73.2. The van der Waals surface area contributed by atoms with Crippen LogP contribution in [0.3, 0.4) is 0 Å². The van der Waals surface area contributed by atoms with E-state index in [-0.39, 0.29) is 34.4 Å². The van der Waals surface area contributed by atoms with Gasteiger partial charge in [-0.2, -0.15) is 0 Å². The topological polar surface area (TPSA) is 189 Å². The maximum absolute atomic E-state index is 13.3. The second kappa shape index (κ2) is 11.2. The van der Waals surface area contributed by atoms with Crippen LogP contribution in [0.4, 0.5) is 5.13 Å². The lowest BCUT2D eigenvalue weighted by molar-refractivity contribution is -0.173. The summed E-state index contributed by atoms with van der Waals surface area (Å²) in [7, 11) is 1.26. The van der Waals surface area contributed by atoms with E-state index in [0.29, 0.717) is 12.0 Å². The minimum absolute atomic E-state index is 0.0983. The molecule has 1 unspecified atom stereocenters. The normalized spacial score (nSPS) is 23.0. The lowest BCUT2D eigenvalue weighted by Crippen LogP contribution is -2.71. The van der Waals surface area contributed by atoms with Gasteiger partial charge in [-0.1, -0.05) is 5.16 Å². The third-order valence-electron chi connectivity index (χ3n) is 5.91. The van der Waals surface area contributed by atoms with E-state index in [1.54, 1.807) is 20.8 Å². The van der Waals surface area contributed by atoms with Crippen molar-refractivity contribution in [1.82, 2.24) is 15.2 Å². The first-order valence-corrected chi connectivity index (χ1v) is 13.7. The first-order chi connectivity index (χ1) is 18.4. The molecule has 4 rings (SSSR count). The zero-order chi connectivity index (χ0) is 28.5. The average molecular weight is 582 g/mol. The Morgan fingerprint density at radius 2 is 2.03 bits per heavy atom. The summed E-state index contributed by atoms with van der Waals surface area (Å²) in [6.07, 6.45) is -0.198. The number of hydrogen-bond donors (Lipinski definition) is 2. The number of nitrogens with zero attached hydrogens (tertiary/aromatic N) is 3. The van der Waals surface area contributed by atoms with E-state index in [4.69, 9.17) is 24.8 Å². The molecule has 3 N–H and O–H groups in total. The summed E-state index contributed by atoms with van der Waals surface area (Å²) in [6.45, 7) is 4.28. The Bertz CT molecular complexity index is 1270. The minimum atomic E-state index is -1.00. The van der Waals surface area contributed by atoms with E-state index in [1.165, 1.54) is 29.2 Å². The molecule has 0 aliphatic carbocycles. The number of esters is 3. The number of nitrogens with two attached hydrogens (primary N) is 1. The van der Waals surface area contributed by atoms with E-state index in [1.807, 2.05) is 0 Å². The highest BCUT2D eigenvalue weighted by atomic mass is 32.2. The molecular weight excluding hydrogens is 554 g/mol. The maximum Gasteiger partial charge on any atom is 0.358 e. The minimum Gasteiger partial charge on any atom is -0.458 e. The molecule has 14 nitrogen and oxygen atoms in total. The van der Waals surface area contributed by atoms with Gasteiger partial charge in [-0.25, -0.2) is 9.78 Å². The van der Waals surface area contributed by atoms with Crippen molar-refractivity contribution >= 4 is 63.7 Å². The number of fused-ring (bicyclic) bond motifs is 1. The molecule has 0 aromatic carbocycles. The third kappa shape index (κ3) is 5.85. The summed E-state index contributed by atoms with van der Waals surface area (Å²) in [5, 5.41) is 7.41. The fraction of sp³-hybridized carbons (Fsp3) is 0.522. The van der Waals surface area contributed by atoms with Crippen LogP contribution in [-0.2, 0) is 43.0 Å². The standard InChI is InChI=1S/C23H27N5O9S2/c1-23(2,3)21(33)36-9-35-20(32)16-10(12-5-6-13(29)37-12)7-38-19-15(18(31)28(16)19)26-17(30)14(27-34-4)11-8-39-22(24)25-11/h8,12,15,19H,5-7,9H2,1-4H3,(H2,24,25)(H,26,30)/b27-14-/t12?,15-,19-/m1/s1. The number of carbonyl (C=O) groups excluding carboxylic acids is 5. The second-order valence-corrected chi connectivity index (χ2v) is 11.7. The number of nitrogens with one attached hydrogen (secondary N) is 1. The highest BCUT2D eigenvalue weighted by Crippen LogP contribution is 2.43. The van der Waals surface area contributed by atoms with Crippen LogP contribution >= 0.6 is 23.1 Å². The SMILES string of the molecule is CO/N=C(\C(=O)N[C@@H]1C(=O)N2C(C(=O)OCOC(=O)C(C)(C)C)=C(C3CCC(=O)O3)CS[C@H]12)c1csc(N)n1. The number of oxime groups is 1. The van der Waals surface area contributed by atoms with E-state index in [2.05, 4.69) is 15.5 Å². The van der Waals surface area contributed by atoms with Gasteiger partial charge in [0.1, 0.15) is 36.0 Å². The smallest absolute Gasteiger partial charge is 0.358 e. The number of carbonyl (C=O) groups is 5. The molecule has 0 bridgehead atoms. The maximum atomic E-state index is 13.3. The van der Waals surface area contributed by atoms with E-state index < -0.39 is 59.4 Å². The molecule has 0 saturated carbocycles. The number of hydrogen-bond acceptors (Lipinski definition) is 14. The zero-order valence-corrected chi connectivity index (χ0v) is 23.2. The summed E-state index contributed by atoms with van der Waals surface area (Å²) in [5.41, 5.74) is 5.16. The first kappa shape index (κ1) is 28.4. The Morgan fingerprint density at radius 1 is 1.28 bits per heavy atom. The molecule has 1 aromatic rings. The second-order valence-electron chi connectivity index (χ2n) is 9.68. The van der Waals surface area contributed by atoms with Crippen LogP contribution in [0.2, 0.25) is 0 Å². The quantitative estimate of drug-likeness (QED) is 0.143. The van der Waals surface area contributed by atoms with Crippen molar-refractivity contribution in [3.8, 4) is 0 Å². The molecule has 3 aliphatic rings. The molecule has 3 atom stereocenters. The van der Waals surface area contributed by atoms with Crippen molar-refractivity contribution in [2.45, 2.75) is 51.1 Å². The molecule has 2 amide bonds. The van der Waals surface area contributed by atoms with Gasteiger partial charge in [-0.15, -0.1) is 23.1 Å². The van der Waals surface area contributed by atoms with Crippen molar-refractivity contribution in [1.29, 1.82) is 0 Å². The predicted octanol–water partition coefficient (Wildman–Crippen LogP) is 0.525. The molecule has 4 heterocycles. The van der Waals surface area contributed by atoms with Crippen LogP contribution in [0.5, 0.6) is 0 Å². The van der Waals surface area contributed by atoms with E-state index in [0.717, 1.165) is 11.3 Å². The number of amides is 2. The van der Waals surface area contributed by atoms with Crippen LogP contribution in [0, 0.1) is 5.41 Å². The third-order valence-corrected chi connectivity index (χ3v) is 7.88. The van der Waals surface area contributed by atoms with Crippen LogP contribution in [-0.4, -0.2) is 82.5 Å². The van der Waals surface area contributed by atoms with Gasteiger partial charge in [0.25, 0.3) is 11.8 Å². The summed E-state index contributed by atoms with van der Waals surface area (Å²) in [5.74, 6) is -3.00. The molecule has 0 radical (unpaired) electrons. The van der Waals surface area contributed by atoms with Crippen LogP contribution in [0.1, 0.15) is 39.3 Å². The van der Waals surface area contributed by atoms with Gasteiger partial charge in [0.05, 0.1) is 5.41 Å². The number of cyclic esters (lactones) is 1. The highest BCUT2D eigenvalue weighted by molar-refractivity contribution is 8.00. The number of nitrogen functional groups attached to an aromatic ring is 1. The van der Waals surface area contributed by atoms with Crippen molar-refractivity contribution in [2.75, 3.05) is 25.4 Å². The number of aromatic nitrogens is 1. The van der Waals surface area contributed by atoms with Gasteiger partial charge in [0.2, 0.25) is 6.79 Å². The first-order valence-electron chi connectivity index (χ1n) is 11.8. The number of ether oxygens (including phenoxy) is 3. The lowest BCUT2D eigenvalue weighted by atomic mass is 9.98. The van der Waals surface area contributed by atoms with E-state index >= 15 is 0 Å². The Kier molecular flexibility index (Phi) is 8.15. The number of anilines is 1. The number of thiazole rings is 1. The molecule has 0 spiro atoms. The Hall–Kier alpha value is -3.66. The summed E-state index contributed by atoms with van der Waals surface area (Å²) in [6, 6.07) is -1.00. The van der Waals surface area contributed by atoms with Crippen LogP contribution in [0.25, 0.3) is 0 Å². The molecular formula is C23H27N5O9S2. The average Bonchev–Trinajstić information content (AvgIpc) is 3.51. The van der Waals surface area contributed by atoms with Gasteiger partial charge >= 0.3 is 17.9 Å². The van der Waals surface area contributed by atoms with Crippen molar-refractivity contribution in [3.63, 3.8) is 0 Å². The Balaban J connectivity index is 1.52. The van der Waals surface area contributed by atoms with Crippen molar-refractivity contribution in [3.05, 3.63) is 22.3 Å². The van der Waals surface area contributed by atoms with Crippen molar-refractivity contribution in [2.24, 2.45) is 10.6 Å². The molecule has 16 heteroatoms. The fourth-order valence-electron chi connectivity index (χ4n) is 3.97. The molecule has 210 valence electrons. The van der Waals surface area contributed by atoms with E-state index in [9.17, 15) is 24.0 Å². The summed E-state index contributed by atoms with van der Waals surface area (Å²) >= 11 is 2.39. The Labute approximate surface area is 231 Å².